The van der Waals surface area contributed by atoms with Gasteiger partial charge in [0, 0.05) is 11.6 Å². The number of aryl methyl sites for hydroxylation is 2. The van der Waals surface area contributed by atoms with Gasteiger partial charge in [0.25, 0.3) is 0 Å². The van der Waals surface area contributed by atoms with Crippen LogP contribution in [0.1, 0.15) is 34.7 Å². The van der Waals surface area contributed by atoms with Crippen LogP contribution in [-0.2, 0) is 19.3 Å². The fourth-order valence-electron chi connectivity index (χ4n) is 3.09. The molecule has 0 saturated carbocycles. The van der Waals surface area contributed by atoms with Gasteiger partial charge < -0.3 is 10.5 Å². The molecule has 1 atom stereocenters. The van der Waals surface area contributed by atoms with Crippen molar-refractivity contribution < 1.29 is 4.74 Å². The average molecular weight is 267 g/mol. The van der Waals surface area contributed by atoms with E-state index < -0.39 is 0 Å². The molecule has 0 aliphatic heterocycles. The number of ether oxygens (including phenoxy) is 1. The minimum atomic E-state index is -0.0226. The molecule has 2 aromatic carbocycles. The van der Waals surface area contributed by atoms with Gasteiger partial charge in [-0.2, -0.15) is 0 Å². The van der Waals surface area contributed by atoms with Crippen LogP contribution in [0.4, 0.5) is 0 Å². The Morgan fingerprint density at radius 2 is 1.90 bits per heavy atom. The van der Waals surface area contributed by atoms with Crippen molar-refractivity contribution >= 4 is 0 Å². The largest absolute Gasteiger partial charge is 0.496 e. The summed E-state index contributed by atoms with van der Waals surface area (Å²) in [6.07, 6.45) is 4.59. The third-order valence-corrected chi connectivity index (χ3v) is 4.16. The van der Waals surface area contributed by atoms with Gasteiger partial charge in [-0.15, -0.1) is 0 Å². The summed E-state index contributed by atoms with van der Waals surface area (Å²) in [5, 5.41) is 0. The Kier molecular flexibility index (Phi) is 3.75. The predicted molar refractivity (Wildman–Crippen MR) is 82.1 cm³/mol. The van der Waals surface area contributed by atoms with E-state index in [-0.39, 0.29) is 6.04 Å². The maximum Gasteiger partial charge on any atom is 0.123 e. The summed E-state index contributed by atoms with van der Waals surface area (Å²) in [5.74, 6) is 0.876. The number of hydrogen-bond acceptors (Lipinski definition) is 2. The summed E-state index contributed by atoms with van der Waals surface area (Å²) in [7, 11) is 1.70. The topological polar surface area (TPSA) is 35.2 Å². The average Bonchev–Trinajstić information content (AvgIpc) is 2.94. The first-order valence-electron chi connectivity index (χ1n) is 7.27. The highest BCUT2D eigenvalue weighted by atomic mass is 16.5. The fourth-order valence-corrected chi connectivity index (χ4v) is 3.09. The number of benzene rings is 2. The molecular formula is C18H21NO. The van der Waals surface area contributed by atoms with Crippen LogP contribution in [0.15, 0.2) is 42.5 Å². The third-order valence-electron chi connectivity index (χ3n) is 4.16. The number of nitrogens with two attached hydrogens (primary N) is 1. The molecule has 2 N–H and O–H groups in total. The molecule has 1 aliphatic rings. The molecule has 1 unspecified atom stereocenters. The molecule has 0 aromatic heterocycles. The highest BCUT2D eigenvalue weighted by molar-refractivity contribution is 5.39. The second-order valence-electron chi connectivity index (χ2n) is 5.51. The van der Waals surface area contributed by atoms with Crippen LogP contribution in [0, 0.1) is 0 Å². The second kappa shape index (κ2) is 5.68. The van der Waals surface area contributed by atoms with Crippen molar-refractivity contribution in [2.24, 2.45) is 5.73 Å². The van der Waals surface area contributed by atoms with E-state index in [9.17, 15) is 0 Å². The van der Waals surface area contributed by atoms with Gasteiger partial charge in [0.2, 0.25) is 0 Å². The first-order valence-corrected chi connectivity index (χ1v) is 7.27. The molecule has 2 heteroatoms. The van der Waals surface area contributed by atoms with Crippen LogP contribution in [0.25, 0.3) is 0 Å². The molecule has 0 spiro atoms. The first-order chi connectivity index (χ1) is 9.78. The zero-order valence-electron chi connectivity index (χ0n) is 11.9. The molecule has 2 nitrogen and oxygen atoms in total. The van der Waals surface area contributed by atoms with Gasteiger partial charge in [-0.1, -0.05) is 36.4 Å². The van der Waals surface area contributed by atoms with Crippen LogP contribution in [0.2, 0.25) is 0 Å². The van der Waals surface area contributed by atoms with E-state index in [1.807, 2.05) is 18.2 Å². The summed E-state index contributed by atoms with van der Waals surface area (Å²) in [4.78, 5) is 0. The lowest BCUT2D eigenvalue weighted by atomic mass is 9.96. The molecule has 0 bridgehead atoms. The Balaban J connectivity index is 1.80. The van der Waals surface area contributed by atoms with Crippen molar-refractivity contribution in [3.8, 4) is 5.75 Å². The molecule has 0 amide bonds. The van der Waals surface area contributed by atoms with E-state index in [0.717, 1.165) is 17.7 Å². The molecular weight excluding hydrogens is 246 g/mol. The van der Waals surface area contributed by atoms with Gasteiger partial charge in [-0.3, -0.25) is 0 Å². The van der Waals surface area contributed by atoms with E-state index in [4.69, 9.17) is 10.5 Å². The zero-order chi connectivity index (χ0) is 13.9. The Hall–Kier alpha value is -1.80. The van der Waals surface area contributed by atoms with Gasteiger partial charge in [0.15, 0.2) is 0 Å². The van der Waals surface area contributed by atoms with Crippen LogP contribution < -0.4 is 10.5 Å². The summed E-state index contributed by atoms with van der Waals surface area (Å²) in [6, 6.07) is 14.8. The highest BCUT2D eigenvalue weighted by Gasteiger charge is 2.15. The SMILES string of the molecule is COc1ccccc1C(N)Cc1ccc2c(c1)CCC2. The lowest BCUT2D eigenvalue weighted by Crippen LogP contribution is -2.14. The van der Waals surface area contributed by atoms with E-state index >= 15 is 0 Å². The van der Waals surface area contributed by atoms with Crippen LogP contribution in [0.5, 0.6) is 5.75 Å². The van der Waals surface area contributed by atoms with Crippen LogP contribution >= 0.6 is 0 Å². The van der Waals surface area contributed by atoms with E-state index in [2.05, 4.69) is 24.3 Å². The van der Waals surface area contributed by atoms with Gasteiger partial charge in [-0.05, 0) is 48.4 Å². The maximum atomic E-state index is 6.37. The van der Waals surface area contributed by atoms with Gasteiger partial charge in [0.05, 0.1) is 7.11 Å². The third kappa shape index (κ3) is 2.56. The molecule has 0 heterocycles. The van der Waals surface area contributed by atoms with Crippen molar-refractivity contribution in [2.45, 2.75) is 31.7 Å². The van der Waals surface area contributed by atoms with Gasteiger partial charge >= 0.3 is 0 Å². The standard InChI is InChI=1S/C18H21NO/c1-20-18-8-3-2-7-16(18)17(19)12-13-9-10-14-5-4-6-15(14)11-13/h2-3,7-11,17H,4-6,12,19H2,1H3. The number of methoxy groups -OCH3 is 1. The zero-order valence-corrected chi connectivity index (χ0v) is 11.9. The van der Waals surface area contributed by atoms with E-state index in [1.165, 1.54) is 36.0 Å². The number of rotatable bonds is 4. The molecule has 1 aliphatic carbocycles. The summed E-state index contributed by atoms with van der Waals surface area (Å²) >= 11 is 0. The Morgan fingerprint density at radius 3 is 2.75 bits per heavy atom. The number of hydrogen-bond donors (Lipinski definition) is 1. The Labute approximate surface area is 120 Å². The number of fused-ring (bicyclic) bond motifs is 1. The van der Waals surface area contributed by atoms with Crippen molar-refractivity contribution in [3.63, 3.8) is 0 Å². The minimum Gasteiger partial charge on any atom is -0.496 e. The van der Waals surface area contributed by atoms with Crippen molar-refractivity contribution in [1.29, 1.82) is 0 Å². The summed E-state index contributed by atoms with van der Waals surface area (Å²) < 4.78 is 5.40. The summed E-state index contributed by atoms with van der Waals surface area (Å²) in [5.41, 5.74) is 11.8. The minimum absolute atomic E-state index is 0.0226. The molecule has 2 aromatic rings. The summed E-state index contributed by atoms with van der Waals surface area (Å²) in [6.45, 7) is 0. The van der Waals surface area contributed by atoms with Gasteiger partial charge in [-0.25, -0.2) is 0 Å². The fraction of sp³-hybridized carbons (Fsp3) is 0.333. The normalized spacial score (nSPS) is 14.9. The second-order valence-corrected chi connectivity index (χ2v) is 5.51. The first kappa shape index (κ1) is 13.2. The van der Waals surface area contributed by atoms with Crippen molar-refractivity contribution in [3.05, 3.63) is 64.7 Å². The molecule has 0 radical (unpaired) electrons. The highest BCUT2D eigenvalue weighted by Crippen LogP contribution is 2.28. The smallest absolute Gasteiger partial charge is 0.123 e. The lowest BCUT2D eigenvalue weighted by molar-refractivity contribution is 0.405. The number of para-hydroxylation sites is 1. The monoisotopic (exact) mass is 267 g/mol. The molecule has 20 heavy (non-hydrogen) atoms. The molecule has 104 valence electrons. The van der Waals surface area contributed by atoms with E-state index in [1.54, 1.807) is 7.11 Å². The lowest BCUT2D eigenvalue weighted by Gasteiger charge is -2.16. The quantitative estimate of drug-likeness (QED) is 0.921. The molecule has 0 saturated heterocycles. The van der Waals surface area contributed by atoms with Gasteiger partial charge in [0.1, 0.15) is 5.75 Å². The van der Waals surface area contributed by atoms with Crippen molar-refractivity contribution in [1.82, 2.24) is 0 Å². The van der Waals surface area contributed by atoms with E-state index in [0.29, 0.717) is 0 Å². The Bertz CT molecular complexity index is 606. The molecule has 0 fully saturated rings. The van der Waals surface area contributed by atoms with Crippen molar-refractivity contribution in [2.75, 3.05) is 7.11 Å². The Morgan fingerprint density at radius 1 is 1.10 bits per heavy atom. The predicted octanol–water partition coefficient (Wildman–Crippen LogP) is 3.43. The molecule has 3 rings (SSSR count). The maximum absolute atomic E-state index is 6.37. The van der Waals surface area contributed by atoms with Crippen LogP contribution in [-0.4, -0.2) is 7.11 Å². The van der Waals surface area contributed by atoms with Crippen LogP contribution in [0.3, 0.4) is 0 Å².